The van der Waals surface area contributed by atoms with Crippen molar-refractivity contribution in [3.8, 4) is 0 Å². The maximum Gasteiger partial charge on any atom is 0.0141 e. The lowest BCUT2D eigenvalue weighted by Gasteiger charge is -2.45. The predicted molar refractivity (Wildman–Crippen MR) is 85.9 cm³/mol. The van der Waals surface area contributed by atoms with Gasteiger partial charge in [0.05, 0.1) is 0 Å². The summed E-state index contributed by atoms with van der Waals surface area (Å²) < 4.78 is 0. The van der Waals surface area contributed by atoms with Gasteiger partial charge in [-0.15, -0.1) is 0 Å². The van der Waals surface area contributed by atoms with Crippen molar-refractivity contribution in [2.45, 2.75) is 70.4 Å². The van der Waals surface area contributed by atoms with Crippen LogP contribution >= 0.6 is 0 Å². The Kier molecular flexibility index (Phi) is 4.45. The highest BCUT2D eigenvalue weighted by molar-refractivity contribution is 5.22. The molecule has 0 radical (unpaired) electrons. The van der Waals surface area contributed by atoms with Crippen LogP contribution in [0.2, 0.25) is 0 Å². The van der Waals surface area contributed by atoms with Crippen molar-refractivity contribution in [3.63, 3.8) is 0 Å². The first-order valence-corrected chi connectivity index (χ1v) is 8.55. The zero-order valence-corrected chi connectivity index (χ0v) is 13.0. The first-order chi connectivity index (χ1) is 9.74. The zero-order valence-electron chi connectivity index (χ0n) is 13.0. The molecule has 0 spiro atoms. The van der Waals surface area contributed by atoms with E-state index in [9.17, 15) is 0 Å². The molecule has 1 nitrogen and oxygen atoms in total. The van der Waals surface area contributed by atoms with Gasteiger partial charge in [0.2, 0.25) is 0 Å². The van der Waals surface area contributed by atoms with Crippen molar-refractivity contribution >= 4 is 0 Å². The van der Waals surface area contributed by atoms with Gasteiger partial charge in [-0.2, -0.15) is 0 Å². The van der Waals surface area contributed by atoms with E-state index in [2.05, 4.69) is 49.5 Å². The third-order valence-electron chi connectivity index (χ3n) is 5.44. The van der Waals surface area contributed by atoms with Gasteiger partial charge >= 0.3 is 0 Å². The Morgan fingerprint density at radius 2 is 1.60 bits per heavy atom. The van der Waals surface area contributed by atoms with Crippen molar-refractivity contribution in [1.29, 1.82) is 0 Å². The van der Waals surface area contributed by atoms with E-state index in [1.165, 1.54) is 38.5 Å². The van der Waals surface area contributed by atoms with E-state index in [0.717, 1.165) is 17.8 Å². The first-order valence-electron chi connectivity index (χ1n) is 8.55. The summed E-state index contributed by atoms with van der Waals surface area (Å²) in [5.41, 5.74) is 1.55. The van der Waals surface area contributed by atoms with E-state index in [1.807, 2.05) is 0 Å². The van der Waals surface area contributed by atoms with Crippen LogP contribution in [0.1, 0.15) is 63.9 Å². The van der Waals surface area contributed by atoms with Gasteiger partial charge in [-0.05, 0) is 36.2 Å². The molecule has 1 heteroatoms. The fraction of sp³-hybridized carbons (Fsp3) is 0.684. The SMILES string of the molecule is CC(C)N[C@@H]1C[C@H]2CCCC[C@@H]2C[C@H]1c1ccccc1. The topological polar surface area (TPSA) is 12.0 Å². The molecule has 20 heavy (non-hydrogen) atoms. The molecule has 1 aromatic carbocycles. The van der Waals surface area contributed by atoms with Gasteiger partial charge in [0, 0.05) is 12.1 Å². The molecular weight excluding hydrogens is 242 g/mol. The molecule has 2 aliphatic rings. The fourth-order valence-corrected chi connectivity index (χ4v) is 4.57. The molecule has 110 valence electrons. The van der Waals surface area contributed by atoms with Crippen molar-refractivity contribution in [3.05, 3.63) is 35.9 Å². The molecule has 2 fully saturated rings. The van der Waals surface area contributed by atoms with E-state index in [1.54, 1.807) is 5.56 Å². The molecule has 3 rings (SSSR count). The third kappa shape index (κ3) is 3.09. The second-order valence-corrected chi connectivity index (χ2v) is 7.22. The second kappa shape index (κ2) is 6.30. The highest BCUT2D eigenvalue weighted by atomic mass is 14.9. The molecule has 4 atom stereocenters. The van der Waals surface area contributed by atoms with Gasteiger partial charge in [-0.1, -0.05) is 69.9 Å². The minimum Gasteiger partial charge on any atom is -0.311 e. The smallest absolute Gasteiger partial charge is 0.0141 e. The normalized spacial score (nSPS) is 34.0. The largest absolute Gasteiger partial charge is 0.311 e. The van der Waals surface area contributed by atoms with Crippen LogP contribution < -0.4 is 5.32 Å². The summed E-state index contributed by atoms with van der Waals surface area (Å²) in [7, 11) is 0. The van der Waals surface area contributed by atoms with E-state index in [4.69, 9.17) is 0 Å². The molecule has 0 amide bonds. The summed E-state index contributed by atoms with van der Waals surface area (Å²) in [6.07, 6.45) is 8.67. The third-order valence-corrected chi connectivity index (χ3v) is 5.44. The van der Waals surface area contributed by atoms with Crippen molar-refractivity contribution in [2.24, 2.45) is 11.8 Å². The van der Waals surface area contributed by atoms with Crippen LogP contribution in [0.4, 0.5) is 0 Å². The molecule has 0 unspecified atom stereocenters. The molecule has 0 heterocycles. The molecule has 0 aromatic heterocycles. The average molecular weight is 271 g/mol. The molecule has 0 aliphatic heterocycles. The van der Waals surface area contributed by atoms with Crippen LogP contribution in [-0.2, 0) is 0 Å². The number of nitrogens with one attached hydrogen (secondary N) is 1. The molecule has 2 saturated carbocycles. The van der Waals surface area contributed by atoms with Crippen LogP contribution in [0, 0.1) is 11.8 Å². The van der Waals surface area contributed by atoms with Crippen molar-refractivity contribution < 1.29 is 0 Å². The monoisotopic (exact) mass is 271 g/mol. The Hall–Kier alpha value is -0.820. The lowest BCUT2D eigenvalue weighted by atomic mass is 9.64. The molecule has 0 saturated heterocycles. The zero-order chi connectivity index (χ0) is 13.9. The van der Waals surface area contributed by atoms with Crippen molar-refractivity contribution in [2.75, 3.05) is 0 Å². The minimum atomic E-state index is 0.589. The minimum absolute atomic E-state index is 0.589. The van der Waals surface area contributed by atoms with Crippen molar-refractivity contribution in [1.82, 2.24) is 5.32 Å². The van der Waals surface area contributed by atoms with Crippen LogP contribution in [0.5, 0.6) is 0 Å². The molecule has 1 aromatic rings. The summed E-state index contributed by atoms with van der Waals surface area (Å²) >= 11 is 0. The second-order valence-electron chi connectivity index (χ2n) is 7.22. The molecule has 1 N–H and O–H groups in total. The molecule has 2 aliphatic carbocycles. The number of fused-ring (bicyclic) bond motifs is 1. The van der Waals surface area contributed by atoms with Crippen LogP contribution in [0.25, 0.3) is 0 Å². The Bertz CT molecular complexity index is 411. The number of hydrogen-bond donors (Lipinski definition) is 1. The Balaban J connectivity index is 1.80. The van der Waals surface area contributed by atoms with Crippen LogP contribution in [0.15, 0.2) is 30.3 Å². The number of rotatable bonds is 3. The van der Waals surface area contributed by atoms with Gasteiger partial charge in [0.25, 0.3) is 0 Å². The number of hydrogen-bond acceptors (Lipinski definition) is 1. The average Bonchev–Trinajstić information content (AvgIpc) is 2.47. The summed E-state index contributed by atoms with van der Waals surface area (Å²) in [5, 5.41) is 3.86. The van der Waals surface area contributed by atoms with E-state index in [0.29, 0.717) is 12.1 Å². The highest BCUT2D eigenvalue weighted by Gasteiger charge is 2.38. The summed E-state index contributed by atoms with van der Waals surface area (Å²) in [6, 6.07) is 12.5. The van der Waals surface area contributed by atoms with Gasteiger partial charge in [0.15, 0.2) is 0 Å². The molecular formula is C19H29N. The summed E-state index contributed by atoms with van der Waals surface area (Å²) in [5.74, 6) is 2.69. The highest BCUT2D eigenvalue weighted by Crippen LogP contribution is 2.46. The lowest BCUT2D eigenvalue weighted by Crippen LogP contribution is -2.46. The Labute approximate surface area is 124 Å². The number of benzene rings is 1. The van der Waals surface area contributed by atoms with E-state index >= 15 is 0 Å². The summed E-state index contributed by atoms with van der Waals surface area (Å²) in [4.78, 5) is 0. The van der Waals surface area contributed by atoms with Gasteiger partial charge in [-0.25, -0.2) is 0 Å². The van der Waals surface area contributed by atoms with Crippen LogP contribution in [-0.4, -0.2) is 12.1 Å². The van der Waals surface area contributed by atoms with Gasteiger partial charge in [0.1, 0.15) is 0 Å². The van der Waals surface area contributed by atoms with E-state index < -0.39 is 0 Å². The quantitative estimate of drug-likeness (QED) is 0.837. The Morgan fingerprint density at radius 1 is 0.950 bits per heavy atom. The summed E-state index contributed by atoms with van der Waals surface area (Å²) in [6.45, 7) is 4.57. The van der Waals surface area contributed by atoms with E-state index in [-0.39, 0.29) is 0 Å². The predicted octanol–water partition coefficient (Wildman–Crippen LogP) is 4.74. The fourth-order valence-electron chi connectivity index (χ4n) is 4.57. The van der Waals surface area contributed by atoms with Gasteiger partial charge in [-0.3, -0.25) is 0 Å². The van der Waals surface area contributed by atoms with Crippen LogP contribution in [0.3, 0.4) is 0 Å². The van der Waals surface area contributed by atoms with Gasteiger partial charge < -0.3 is 5.32 Å². The first kappa shape index (κ1) is 14.1. The Morgan fingerprint density at radius 3 is 2.25 bits per heavy atom. The maximum absolute atomic E-state index is 3.86. The maximum atomic E-state index is 3.86. The standard InChI is InChI=1S/C19H29N/c1-14(2)20-19-13-17-11-7-6-10-16(17)12-18(19)15-8-4-3-5-9-15/h3-5,8-9,14,16-20H,6-7,10-13H2,1-2H3/t16-,17-,18+,19-/m1/s1. The molecule has 0 bridgehead atoms. The lowest BCUT2D eigenvalue weighted by molar-refractivity contribution is 0.122.